The van der Waals surface area contributed by atoms with Crippen molar-refractivity contribution < 1.29 is 0 Å². The molecule has 0 saturated carbocycles. The van der Waals surface area contributed by atoms with E-state index in [1.165, 1.54) is 4.57 Å². The van der Waals surface area contributed by atoms with Crippen LogP contribution in [-0.4, -0.2) is 9.55 Å². The van der Waals surface area contributed by atoms with Gasteiger partial charge in [-0.15, -0.1) is 0 Å². The van der Waals surface area contributed by atoms with E-state index in [2.05, 4.69) is 4.98 Å². The van der Waals surface area contributed by atoms with Crippen molar-refractivity contribution in [3.8, 4) is 5.69 Å². The van der Waals surface area contributed by atoms with Gasteiger partial charge < -0.3 is 10.7 Å². The minimum atomic E-state index is -0.148. The van der Waals surface area contributed by atoms with Gasteiger partial charge in [-0.1, -0.05) is 18.2 Å². The fraction of sp³-hybridized carbons (Fsp3) is 0. The number of rotatable bonds is 1. The fourth-order valence-electron chi connectivity index (χ4n) is 2.06. The number of hydrogen-bond acceptors (Lipinski definition) is 3. The smallest absolute Gasteiger partial charge is 0.266 e. The third-order valence-electron chi connectivity index (χ3n) is 2.93. The minimum absolute atomic E-state index is 0.148. The van der Waals surface area contributed by atoms with E-state index in [1.54, 1.807) is 30.3 Å². The van der Waals surface area contributed by atoms with Crippen LogP contribution in [0.1, 0.15) is 0 Å². The third kappa shape index (κ3) is 1.94. The Hall–Kier alpha value is -2.40. The number of nitrogen functional groups attached to an aromatic ring is 1. The molecule has 0 aliphatic heterocycles. The summed E-state index contributed by atoms with van der Waals surface area (Å²) in [4.78, 5) is 15.6. The molecule has 94 valence electrons. The van der Waals surface area contributed by atoms with Crippen LogP contribution in [0.3, 0.4) is 0 Å². The molecule has 0 saturated heterocycles. The van der Waals surface area contributed by atoms with Gasteiger partial charge in [0.2, 0.25) is 0 Å². The molecule has 5 heteroatoms. The van der Waals surface area contributed by atoms with Crippen LogP contribution >= 0.6 is 12.2 Å². The summed E-state index contributed by atoms with van der Waals surface area (Å²) in [6.07, 6.45) is 0. The van der Waals surface area contributed by atoms with Gasteiger partial charge in [0, 0.05) is 5.69 Å². The van der Waals surface area contributed by atoms with Gasteiger partial charge in [-0.25, -0.2) is 0 Å². The number of benzene rings is 2. The fourth-order valence-corrected chi connectivity index (χ4v) is 2.36. The summed E-state index contributed by atoms with van der Waals surface area (Å²) in [5, 5.41) is 0.596. The monoisotopic (exact) mass is 269 g/mol. The first kappa shape index (κ1) is 11.7. The van der Waals surface area contributed by atoms with Crippen LogP contribution in [0.4, 0.5) is 5.69 Å². The highest BCUT2D eigenvalue weighted by Gasteiger charge is 2.06. The molecule has 0 radical (unpaired) electrons. The average molecular weight is 269 g/mol. The van der Waals surface area contributed by atoms with Gasteiger partial charge in [0.25, 0.3) is 5.56 Å². The molecular weight excluding hydrogens is 258 g/mol. The SMILES string of the molecule is Nc1cccc(-n2c(=S)[nH]c3ccccc3c2=O)c1. The number of hydrogen-bond donors (Lipinski definition) is 2. The lowest BCUT2D eigenvalue weighted by atomic mass is 10.2. The van der Waals surface area contributed by atoms with E-state index in [0.717, 1.165) is 5.52 Å². The largest absolute Gasteiger partial charge is 0.399 e. The second-order valence-corrected chi connectivity index (χ2v) is 4.60. The number of aromatic nitrogens is 2. The maximum absolute atomic E-state index is 12.5. The molecule has 0 unspecified atom stereocenters. The number of fused-ring (bicyclic) bond motifs is 1. The number of nitrogens with zero attached hydrogens (tertiary/aromatic N) is 1. The Balaban J connectivity index is 2.42. The molecule has 1 aromatic heterocycles. The Labute approximate surface area is 114 Å². The second-order valence-electron chi connectivity index (χ2n) is 4.21. The van der Waals surface area contributed by atoms with Crippen molar-refractivity contribution in [1.82, 2.24) is 9.55 Å². The quantitative estimate of drug-likeness (QED) is 0.527. The standard InChI is InChI=1S/C14H11N3OS/c15-9-4-3-5-10(8-9)17-13(18)11-6-1-2-7-12(11)16-14(17)19/h1-8H,15H2,(H,16,19). The van der Waals surface area contributed by atoms with Gasteiger partial charge in [-0.3, -0.25) is 9.36 Å². The second kappa shape index (κ2) is 4.37. The van der Waals surface area contributed by atoms with Gasteiger partial charge in [0.1, 0.15) is 0 Å². The maximum Gasteiger partial charge on any atom is 0.266 e. The molecule has 3 N–H and O–H groups in total. The highest BCUT2D eigenvalue weighted by atomic mass is 32.1. The first-order chi connectivity index (χ1) is 9.16. The maximum atomic E-state index is 12.5. The predicted molar refractivity (Wildman–Crippen MR) is 79.1 cm³/mol. The van der Waals surface area contributed by atoms with E-state index in [-0.39, 0.29) is 5.56 Å². The molecule has 19 heavy (non-hydrogen) atoms. The zero-order chi connectivity index (χ0) is 13.4. The number of anilines is 1. The van der Waals surface area contributed by atoms with Crippen molar-refractivity contribution in [2.45, 2.75) is 0 Å². The molecule has 0 bridgehead atoms. The van der Waals surface area contributed by atoms with Crippen LogP contribution < -0.4 is 11.3 Å². The summed E-state index contributed by atoms with van der Waals surface area (Å²) < 4.78 is 1.81. The van der Waals surface area contributed by atoms with Gasteiger partial charge in [-0.05, 0) is 42.5 Å². The minimum Gasteiger partial charge on any atom is -0.399 e. The Morgan fingerprint density at radius 1 is 1.11 bits per heavy atom. The van der Waals surface area contributed by atoms with Gasteiger partial charge in [-0.2, -0.15) is 0 Å². The molecule has 2 aromatic carbocycles. The van der Waals surface area contributed by atoms with Gasteiger partial charge in [0.15, 0.2) is 4.77 Å². The molecule has 0 aliphatic rings. The van der Waals surface area contributed by atoms with Crippen molar-refractivity contribution in [3.63, 3.8) is 0 Å². The van der Waals surface area contributed by atoms with Crippen LogP contribution in [0.15, 0.2) is 53.3 Å². The first-order valence-electron chi connectivity index (χ1n) is 5.77. The van der Waals surface area contributed by atoms with Gasteiger partial charge in [0.05, 0.1) is 16.6 Å². The van der Waals surface area contributed by atoms with Crippen LogP contribution in [0.5, 0.6) is 0 Å². The molecule has 0 atom stereocenters. The van der Waals surface area contributed by atoms with E-state index in [1.807, 2.05) is 18.2 Å². The van der Waals surface area contributed by atoms with Gasteiger partial charge >= 0.3 is 0 Å². The highest BCUT2D eigenvalue weighted by Crippen LogP contribution is 2.13. The summed E-state index contributed by atoms with van der Waals surface area (Å²) in [6, 6.07) is 14.4. The predicted octanol–water partition coefficient (Wildman–Crippen LogP) is 2.63. The highest BCUT2D eigenvalue weighted by molar-refractivity contribution is 7.71. The molecule has 0 spiro atoms. The molecule has 0 fully saturated rings. The topological polar surface area (TPSA) is 63.8 Å². The van der Waals surface area contributed by atoms with Crippen LogP contribution in [0.2, 0.25) is 0 Å². The third-order valence-corrected chi connectivity index (χ3v) is 3.22. The molecule has 3 aromatic rings. The van der Waals surface area contributed by atoms with E-state index < -0.39 is 0 Å². The lowest BCUT2D eigenvalue weighted by molar-refractivity contribution is 0.941. The first-order valence-corrected chi connectivity index (χ1v) is 6.17. The number of aromatic amines is 1. The van der Waals surface area contributed by atoms with Crippen molar-refractivity contribution in [2.24, 2.45) is 0 Å². The lowest BCUT2D eigenvalue weighted by Gasteiger charge is -2.08. The normalized spacial score (nSPS) is 10.7. The number of nitrogens with one attached hydrogen (secondary N) is 1. The Morgan fingerprint density at radius 2 is 1.89 bits per heavy atom. The zero-order valence-corrected chi connectivity index (χ0v) is 10.8. The Morgan fingerprint density at radius 3 is 2.68 bits per heavy atom. The molecule has 4 nitrogen and oxygen atoms in total. The van der Waals surface area contributed by atoms with Crippen LogP contribution in [0.25, 0.3) is 16.6 Å². The number of nitrogens with two attached hydrogens (primary N) is 1. The summed E-state index contributed by atoms with van der Waals surface area (Å²) in [5.74, 6) is 0. The molecule has 0 amide bonds. The van der Waals surface area contributed by atoms with E-state index in [0.29, 0.717) is 21.5 Å². The van der Waals surface area contributed by atoms with E-state index in [9.17, 15) is 4.79 Å². The van der Waals surface area contributed by atoms with Crippen molar-refractivity contribution in [3.05, 3.63) is 63.7 Å². The summed E-state index contributed by atoms with van der Waals surface area (Å²) in [7, 11) is 0. The summed E-state index contributed by atoms with van der Waals surface area (Å²) >= 11 is 5.26. The van der Waals surface area contributed by atoms with E-state index >= 15 is 0 Å². The molecule has 3 rings (SSSR count). The van der Waals surface area contributed by atoms with Crippen molar-refractivity contribution >= 4 is 28.8 Å². The van der Waals surface area contributed by atoms with Crippen LogP contribution in [0, 0.1) is 4.77 Å². The summed E-state index contributed by atoms with van der Waals surface area (Å²) in [5.41, 5.74) is 7.59. The van der Waals surface area contributed by atoms with Crippen LogP contribution in [-0.2, 0) is 0 Å². The number of para-hydroxylation sites is 1. The van der Waals surface area contributed by atoms with Crippen molar-refractivity contribution in [1.29, 1.82) is 0 Å². The Kier molecular flexibility index (Phi) is 2.68. The van der Waals surface area contributed by atoms with Crippen molar-refractivity contribution in [2.75, 3.05) is 5.73 Å². The summed E-state index contributed by atoms with van der Waals surface area (Å²) in [6.45, 7) is 0. The number of H-pyrrole nitrogens is 1. The lowest BCUT2D eigenvalue weighted by Crippen LogP contribution is -2.20. The molecular formula is C14H11N3OS. The van der Waals surface area contributed by atoms with E-state index in [4.69, 9.17) is 18.0 Å². The average Bonchev–Trinajstić information content (AvgIpc) is 2.39. The Bertz CT molecular complexity index is 879. The molecule has 0 aliphatic carbocycles. The molecule has 1 heterocycles. The zero-order valence-electron chi connectivity index (χ0n) is 9.96.